The molecule has 27 heavy (non-hydrogen) atoms. The van der Waals surface area contributed by atoms with E-state index in [4.69, 9.17) is 8.83 Å². The monoisotopic (exact) mass is 375 g/mol. The summed E-state index contributed by atoms with van der Waals surface area (Å²) < 4.78 is 14.9. The van der Waals surface area contributed by atoms with E-state index in [1.54, 1.807) is 54.6 Å². The standard InChI is InChI=1S/C19H9N3O4S/c23-18-10-5-1-3-7-12(10)20-16(25-18)14-9-15(27-22-14)17-21-13-8-4-2-6-11(13)19(24)26-17/h1-9H. The average Bonchev–Trinajstić information content (AvgIpc) is 3.18. The second-order valence-electron chi connectivity index (χ2n) is 5.72. The molecule has 0 aliphatic heterocycles. The minimum Gasteiger partial charge on any atom is -0.402 e. The van der Waals surface area contributed by atoms with E-state index >= 15 is 0 Å². The normalized spacial score (nSPS) is 11.3. The van der Waals surface area contributed by atoms with E-state index in [0.717, 1.165) is 11.5 Å². The van der Waals surface area contributed by atoms with Crippen LogP contribution in [0.4, 0.5) is 0 Å². The lowest BCUT2D eigenvalue weighted by molar-refractivity contribution is 0.516. The number of hydrogen-bond acceptors (Lipinski definition) is 8. The van der Waals surface area contributed by atoms with Crippen molar-refractivity contribution in [3.05, 3.63) is 75.4 Å². The molecule has 8 heteroatoms. The zero-order valence-corrected chi connectivity index (χ0v) is 14.4. The maximum Gasteiger partial charge on any atom is 0.347 e. The summed E-state index contributed by atoms with van der Waals surface area (Å²) in [5.41, 5.74) is 0.472. The molecule has 0 saturated heterocycles. The van der Waals surface area contributed by atoms with Crippen LogP contribution in [0.15, 0.2) is 73.0 Å². The first kappa shape index (κ1) is 15.6. The van der Waals surface area contributed by atoms with Crippen LogP contribution in [-0.4, -0.2) is 14.3 Å². The second kappa shape index (κ2) is 5.96. The first-order chi connectivity index (χ1) is 13.2. The summed E-state index contributed by atoms with van der Waals surface area (Å²) in [4.78, 5) is 33.5. The Kier molecular flexibility index (Phi) is 3.44. The predicted octanol–water partition coefficient (Wildman–Crippen LogP) is 3.48. The fourth-order valence-corrected chi connectivity index (χ4v) is 3.39. The largest absolute Gasteiger partial charge is 0.402 e. The Hall–Kier alpha value is -3.65. The third kappa shape index (κ3) is 2.63. The lowest BCUT2D eigenvalue weighted by Gasteiger charge is -1.98. The van der Waals surface area contributed by atoms with E-state index in [0.29, 0.717) is 32.4 Å². The molecule has 0 amide bonds. The van der Waals surface area contributed by atoms with Gasteiger partial charge in [-0.05, 0) is 41.9 Å². The fourth-order valence-electron chi connectivity index (χ4n) is 2.73. The molecule has 0 saturated carbocycles. The molecule has 0 aliphatic carbocycles. The van der Waals surface area contributed by atoms with E-state index in [9.17, 15) is 9.59 Å². The third-order valence-electron chi connectivity index (χ3n) is 4.01. The van der Waals surface area contributed by atoms with Crippen molar-refractivity contribution in [3.8, 4) is 22.4 Å². The van der Waals surface area contributed by atoms with Gasteiger partial charge in [-0.2, -0.15) is 4.37 Å². The van der Waals surface area contributed by atoms with Crippen LogP contribution in [0.1, 0.15) is 0 Å². The van der Waals surface area contributed by atoms with Gasteiger partial charge in [-0.1, -0.05) is 24.3 Å². The predicted molar refractivity (Wildman–Crippen MR) is 101 cm³/mol. The number of benzene rings is 2. The number of fused-ring (bicyclic) bond motifs is 2. The average molecular weight is 375 g/mol. The lowest BCUT2D eigenvalue weighted by atomic mass is 10.2. The highest BCUT2D eigenvalue weighted by molar-refractivity contribution is 7.09. The van der Waals surface area contributed by atoms with Gasteiger partial charge in [0.1, 0.15) is 10.6 Å². The molecule has 130 valence electrons. The summed E-state index contributed by atoms with van der Waals surface area (Å²) in [6.45, 7) is 0. The Morgan fingerprint density at radius 3 is 1.96 bits per heavy atom. The van der Waals surface area contributed by atoms with Crippen molar-refractivity contribution in [1.82, 2.24) is 14.3 Å². The number of rotatable bonds is 2. The summed E-state index contributed by atoms with van der Waals surface area (Å²) in [6.07, 6.45) is 0. The zero-order chi connectivity index (χ0) is 18.4. The zero-order valence-electron chi connectivity index (χ0n) is 13.6. The van der Waals surface area contributed by atoms with E-state index in [1.165, 1.54) is 0 Å². The molecular formula is C19H9N3O4S. The Labute approximate surface area is 154 Å². The van der Waals surface area contributed by atoms with Crippen LogP contribution in [0.5, 0.6) is 0 Å². The first-order valence-corrected chi connectivity index (χ1v) is 8.73. The molecule has 3 heterocycles. The molecule has 0 aliphatic rings. The highest BCUT2D eigenvalue weighted by atomic mass is 32.1. The van der Waals surface area contributed by atoms with Crippen molar-refractivity contribution < 1.29 is 8.83 Å². The Bertz CT molecular complexity index is 1330. The molecule has 5 rings (SSSR count). The molecular weight excluding hydrogens is 366 g/mol. The van der Waals surface area contributed by atoms with Gasteiger partial charge in [0.05, 0.1) is 21.8 Å². The molecule has 5 aromatic rings. The minimum atomic E-state index is -0.486. The van der Waals surface area contributed by atoms with Crippen molar-refractivity contribution >= 4 is 33.3 Å². The van der Waals surface area contributed by atoms with Gasteiger partial charge in [-0.25, -0.2) is 19.6 Å². The molecule has 2 aromatic carbocycles. The van der Waals surface area contributed by atoms with E-state index in [2.05, 4.69) is 14.3 Å². The van der Waals surface area contributed by atoms with Crippen molar-refractivity contribution in [2.45, 2.75) is 0 Å². The Morgan fingerprint density at radius 2 is 1.30 bits per heavy atom. The smallest absolute Gasteiger partial charge is 0.347 e. The van der Waals surface area contributed by atoms with Crippen molar-refractivity contribution in [2.24, 2.45) is 0 Å². The molecule has 7 nitrogen and oxygen atoms in total. The number of aromatic nitrogens is 3. The molecule has 3 aromatic heterocycles. The highest BCUT2D eigenvalue weighted by Crippen LogP contribution is 2.28. The summed E-state index contributed by atoms with van der Waals surface area (Å²) >= 11 is 1.08. The van der Waals surface area contributed by atoms with E-state index < -0.39 is 11.3 Å². The molecule has 0 unspecified atom stereocenters. The molecule has 0 spiro atoms. The van der Waals surface area contributed by atoms with Gasteiger partial charge in [0.25, 0.3) is 5.89 Å². The maximum atomic E-state index is 12.1. The molecule has 0 N–H and O–H groups in total. The minimum absolute atomic E-state index is 0.101. The van der Waals surface area contributed by atoms with E-state index in [-0.39, 0.29) is 11.8 Å². The van der Waals surface area contributed by atoms with Gasteiger partial charge < -0.3 is 8.83 Å². The SMILES string of the molecule is O=c1oc(-c2cc(-c3nc4ccccc4c(=O)o3)sn2)nc2ccccc12. The van der Waals surface area contributed by atoms with Gasteiger partial charge in [0, 0.05) is 0 Å². The van der Waals surface area contributed by atoms with Gasteiger partial charge in [0.2, 0.25) is 5.89 Å². The lowest BCUT2D eigenvalue weighted by Crippen LogP contribution is -2.02. The van der Waals surface area contributed by atoms with Crippen LogP contribution >= 0.6 is 11.5 Å². The first-order valence-electron chi connectivity index (χ1n) is 7.96. The quantitative estimate of drug-likeness (QED) is 0.466. The maximum absolute atomic E-state index is 12.1. The van der Waals surface area contributed by atoms with Crippen LogP contribution in [0.3, 0.4) is 0 Å². The summed E-state index contributed by atoms with van der Waals surface area (Å²) in [7, 11) is 0. The van der Waals surface area contributed by atoms with Crippen LogP contribution < -0.4 is 11.3 Å². The van der Waals surface area contributed by atoms with Crippen LogP contribution in [-0.2, 0) is 0 Å². The Morgan fingerprint density at radius 1 is 0.741 bits per heavy atom. The second-order valence-corrected chi connectivity index (χ2v) is 6.53. The summed E-state index contributed by atoms with van der Waals surface area (Å²) in [6, 6.07) is 15.5. The van der Waals surface area contributed by atoms with Crippen molar-refractivity contribution in [1.29, 1.82) is 0 Å². The summed E-state index contributed by atoms with van der Waals surface area (Å²) in [5.74, 6) is 0.259. The van der Waals surface area contributed by atoms with Crippen molar-refractivity contribution in [2.75, 3.05) is 0 Å². The molecule has 0 fully saturated rings. The van der Waals surface area contributed by atoms with Crippen molar-refractivity contribution in [3.63, 3.8) is 0 Å². The van der Waals surface area contributed by atoms with Crippen LogP contribution in [0.25, 0.3) is 44.2 Å². The fraction of sp³-hybridized carbons (Fsp3) is 0. The Balaban J connectivity index is 1.63. The van der Waals surface area contributed by atoms with Crippen LogP contribution in [0.2, 0.25) is 0 Å². The topological polar surface area (TPSA) is 99.1 Å². The van der Waals surface area contributed by atoms with Gasteiger partial charge >= 0.3 is 11.3 Å². The summed E-state index contributed by atoms with van der Waals surface area (Å²) in [5, 5.41) is 0.812. The number of nitrogens with zero attached hydrogens (tertiary/aromatic N) is 3. The van der Waals surface area contributed by atoms with Crippen LogP contribution in [0, 0.1) is 0 Å². The molecule has 0 atom stereocenters. The molecule has 0 bridgehead atoms. The van der Waals surface area contributed by atoms with Gasteiger partial charge in [-0.15, -0.1) is 0 Å². The highest BCUT2D eigenvalue weighted by Gasteiger charge is 2.16. The van der Waals surface area contributed by atoms with Gasteiger partial charge in [-0.3, -0.25) is 0 Å². The number of para-hydroxylation sites is 2. The third-order valence-corrected chi connectivity index (χ3v) is 4.79. The van der Waals surface area contributed by atoms with Gasteiger partial charge in [0.15, 0.2) is 0 Å². The van der Waals surface area contributed by atoms with E-state index in [1.807, 2.05) is 0 Å². The number of hydrogen-bond donors (Lipinski definition) is 0. The molecule has 0 radical (unpaired) electrons.